The summed E-state index contributed by atoms with van der Waals surface area (Å²) in [7, 11) is -2.70. The van der Waals surface area contributed by atoms with E-state index in [1.165, 1.54) is 6.07 Å². The van der Waals surface area contributed by atoms with E-state index in [0.29, 0.717) is 19.4 Å². The van der Waals surface area contributed by atoms with Crippen molar-refractivity contribution in [2.24, 2.45) is 0 Å². The molecular formula is C23H31NO2S. The van der Waals surface area contributed by atoms with Crippen molar-refractivity contribution in [3.05, 3.63) is 46.4 Å². The van der Waals surface area contributed by atoms with Gasteiger partial charge in [0, 0.05) is 34.3 Å². The van der Waals surface area contributed by atoms with Gasteiger partial charge in [0.05, 0.1) is 16.8 Å². The summed E-state index contributed by atoms with van der Waals surface area (Å²) in [5.74, 6) is -0.0544. The molecule has 0 aromatic carbocycles. The van der Waals surface area contributed by atoms with Gasteiger partial charge >= 0.3 is 0 Å². The monoisotopic (exact) mass is 392 g/mol. The minimum absolute atomic E-state index is 0.0544. The number of hydrogen-bond donors (Lipinski definition) is 0. The highest BCUT2D eigenvalue weighted by Crippen LogP contribution is 2.50. The molecule has 4 heteroatoms. The summed E-state index contributed by atoms with van der Waals surface area (Å²) in [5, 5.41) is 1.57. The number of aryl methyl sites for hydroxylation is 1. The van der Waals surface area contributed by atoms with Gasteiger partial charge in [0.15, 0.2) is 0 Å². The minimum Gasteiger partial charge on any atom is -0.496 e. The van der Waals surface area contributed by atoms with Crippen LogP contribution in [0.3, 0.4) is 0 Å². The van der Waals surface area contributed by atoms with E-state index < -0.39 is 31.6 Å². The maximum Gasteiger partial charge on any atom is 0.132 e. The average molecular weight is 393 g/mol. The van der Waals surface area contributed by atoms with Crippen LogP contribution < -0.4 is 4.74 Å². The standard InChI is InChI=1S/C23H31NO2S/c1-25-19-10-17-27-20(19)8-2-4-11-22(21-9-3-7-15-24-21)14-16-26-23(18-22)12-5-6-13-23/h3,7,9-10,15,17H,2,4-6,8,11-14,16,18H2,1H3/t22-/m1/s1/i1D3,4D2,8D2. The molecule has 2 aromatic rings. The summed E-state index contributed by atoms with van der Waals surface area (Å²) in [6.07, 6.45) is 2.85. The van der Waals surface area contributed by atoms with Gasteiger partial charge in [-0.3, -0.25) is 4.98 Å². The molecule has 27 heavy (non-hydrogen) atoms. The van der Waals surface area contributed by atoms with E-state index in [1.54, 1.807) is 11.6 Å². The summed E-state index contributed by atoms with van der Waals surface area (Å²) < 4.78 is 68.5. The van der Waals surface area contributed by atoms with E-state index in [1.807, 2.05) is 18.2 Å². The predicted octanol–water partition coefficient (Wildman–Crippen LogP) is 5.93. The molecule has 2 aliphatic rings. The smallest absolute Gasteiger partial charge is 0.132 e. The van der Waals surface area contributed by atoms with E-state index in [2.05, 4.69) is 4.98 Å². The average Bonchev–Trinajstić information content (AvgIpc) is 3.36. The molecule has 0 amide bonds. The first kappa shape index (κ1) is 12.2. The van der Waals surface area contributed by atoms with Crippen LogP contribution in [0.5, 0.6) is 5.75 Å². The van der Waals surface area contributed by atoms with E-state index >= 15 is 0 Å². The molecule has 146 valence electrons. The van der Waals surface area contributed by atoms with Gasteiger partial charge in [-0.25, -0.2) is 0 Å². The highest BCUT2D eigenvalue weighted by molar-refractivity contribution is 7.10. The first-order valence-electron chi connectivity index (χ1n) is 13.2. The van der Waals surface area contributed by atoms with Crippen LogP contribution in [0.25, 0.3) is 0 Å². The molecule has 0 N–H and O–H groups in total. The number of thiophene rings is 1. The molecule has 1 aliphatic carbocycles. The molecule has 1 saturated heterocycles. The number of hydrogen-bond acceptors (Lipinski definition) is 4. The summed E-state index contributed by atoms with van der Waals surface area (Å²) in [6.45, 7) is 0.529. The van der Waals surface area contributed by atoms with Crippen molar-refractivity contribution in [3.63, 3.8) is 0 Å². The topological polar surface area (TPSA) is 31.4 Å². The predicted molar refractivity (Wildman–Crippen MR) is 111 cm³/mol. The van der Waals surface area contributed by atoms with Crippen LogP contribution in [0.4, 0.5) is 0 Å². The van der Waals surface area contributed by atoms with E-state index in [4.69, 9.17) is 19.1 Å². The second-order valence-electron chi connectivity index (χ2n) is 7.66. The minimum atomic E-state index is -2.70. The van der Waals surface area contributed by atoms with Crippen molar-refractivity contribution in [2.45, 2.75) is 75.1 Å². The molecule has 0 radical (unpaired) electrons. The highest BCUT2D eigenvalue weighted by atomic mass is 32.1. The number of aromatic nitrogens is 1. The Balaban J connectivity index is 1.61. The van der Waals surface area contributed by atoms with Crippen LogP contribution in [0.1, 0.15) is 77.9 Å². The summed E-state index contributed by atoms with van der Waals surface area (Å²) in [6, 6.07) is 7.13. The fourth-order valence-corrected chi connectivity index (χ4v) is 5.36. The first-order chi connectivity index (χ1) is 15.8. The van der Waals surface area contributed by atoms with Gasteiger partial charge in [-0.15, -0.1) is 11.3 Å². The van der Waals surface area contributed by atoms with Crippen LogP contribution >= 0.6 is 11.3 Å². The maximum atomic E-state index is 8.92. The Kier molecular flexibility index (Phi) is 3.77. The van der Waals surface area contributed by atoms with Crippen molar-refractivity contribution in [1.82, 2.24) is 4.98 Å². The largest absolute Gasteiger partial charge is 0.496 e. The zero-order valence-corrected chi connectivity index (χ0v) is 16.3. The summed E-state index contributed by atoms with van der Waals surface area (Å²) >= 11 is 1.05. The van der Waals surface area contributed by atoms with Crippen LogP contribution in [-0.2, 0) is 16.5 Å². The van der Waals surface area contributed by atoms with Crippen molar-refractivity contribution >= 4 is 11.3 Å². The van der Waals surface area contributed by atoms with Crippen molar-refractivity contribution in [1.29, 1.82) is 0 Å². The summed E-state index contributed by atoms with van der Waals surface area (Å²) in [5.41, 5.74) is 0.00697. The second kappa shape index (κ2) is 8.32. The Hall–Kier alpha value is -1.39. The Bertz CT molecular complexity index is 973. The maximum absolute atomic E-state index is 8.92. The Morgan fingerprint density at radius 1 is 1.30 bits per heavy atom. The SMILES string of the molecule is [2H]C([2H])(CC([2H])([2H])c1sccc1OC([2H])([2H])[2H])C[C@@]1(c2ccccn2)CCOC2(CCCC2)C1. The molecule has 2 aromatic heterocycles. The lowest BCUT2D eigenvalue weighted by Gasteiger charge is -2.46. The van der Waals surface area contributed by atoms with Gasteiger partial charge in [-0.1, -0.05) is 25.3 Å². The molecule has 3 nitrogen and oxygen atoms in total. The van der Waals surface area contributed by atoms with E-state index in [0.717, 1.165) is 42.7 Å². The number of ether oxygens (including phenoxy) is 2. The quantitative estimate of drug-likeness (QED) is 0.585. The normalized spacial score (nSPS) is 29.7. The van der Waals surface area contributed by atoms with Crippen LogP contribution in [0.15, 0.2) is 35.8 Å². The molecule has 1 spiro atoms. The van der Waals surface area contributed by atoms with Crippen LogP contribution in [0.2, 0.25) is 0 Å². The number of nitrogens with zero attached hydrogens (tertiary/aromatic N) is 1. The second-order valence-corrected chi connectivity index (χ2v) is 8.57. The van der Waals surface area contributed by atoms with E-state index in [-0.39, 0.29) is 22.6 Å². The number of methoxy groups -OCH3 is 1. The summed E-state index contributed by atoms with van der Waals surface area (Å²) in [4.78, 5) is 4.71. The zero-order valence-electron chi connectivity index (χ0n) is 22.5. The molecule has 2 fully saturated rings. The van der Waals surface area contributed by atoms with Gasteiger partial charge in [-0.05, 0) is 68.5 Å². The third kappa shape index (κ3) is 4.07. The van der Waals surface area contributed by atoms with Gasteiger partial charge in [0.2, 0.25) is 0 Å². The fraction of sp³-hybridized carbons (Fsp3) is 0.609. The lowest BCUT2D eigenvalue weighted by molar-refractivity contribution is -0.104. The number of rotatable bonds is 7. The number of pyridine rings is 1. The van der Waals surface area contributed by atoms with E-state index in [9.17, 15) is 0 Å². The fourth-order valence-electron chi connectivity index (χ4n) is 4.65. The third-order valence-electron chi connectivity index (χ3n) is 5.95. The Labute approximate surface area is 177 Å². The lowest BCUT2D eigenvalue weighted by Crippen LogP contribution is -2.46. The molecule has 1 saturated carbocycles. The molecule has 1 aliphatic heterocycles. The Morgan fingerprint density at radius 2 is 2.22 bits per heavy atom. The van der Waals surface area contributed by atoms with Gasteiger partial charge < -0.3 is 9.47 Å². The molecule has 0 unspecified atom stereocenters. The zero-order chi connectivity index (χ0) is 24.7. The molecule has 1 atom stereocenters. The molecular weight excluding hydrogens is 354 g/mol. The van der Waals surface area contributed by atoms with Gasteiger partial charge in [-0.2, -0.15) is 0 Å². The third-order valence-corrected chi connectivity index (χ3v) is 6.80. The Morgan fingerprint density at radius 3 is 3.04 bits per heavy atom. The van der Waals surface area contributed by atoms with Crippen LogP contribution in [0, 0.1) is 0 Å². The van der Waals surface area contributed by atoms with Crippen LogP contribution in [-0.4, -0.2) is 24.2 Å². The van der Waals surface area contributed by atoms with Crippen molar-refractivity contribution in [3.8, 4) is 5.75 Å². The van der Waals surface area contributed by atoms with Gasteiger partial charge in [0.1, 0.15) is 5.75 Å². The van der Waals surface area contributed by atoms with Crippen molar-refractivity contribution in [2.75, 3.05) is 13.6 Å². The molecule has 3 heterocycles. The lowest BCUT2D eigenvalue weighted by atomic mass is 9.67. The first-order valence-corrected chi connectivity index (χ1v) is 10.5. The molecule has 4 rings (SSSR count). The molecule has 0 bridgehead atoms. The van der Waals surface area contributed by atoms with Crippen molar-refractivity contribution < 1.29 is 19.1 Å². The highest BCUT2D eigenvalue weighted by Gasteiger charge is 2.48. The van der Waals surface area contributed by atoms with Gasteiger partial charge in [0.25, 0.3) is 0 Å².